The van der Waals surface area contributed by atoms with Crippen LogP contribution in [0.15, 0.2) is 48.5 Å². The van der Waals surface area contributed by atoms with E-state index in [4.69, 9.17) is 16.6 Å². The van der Waals surface area contributed by atoms with E-state index >= 15 is 0 Å². The number of carbonyl (C=O) groups excluding carboxylic acids is 2. The average molecular weight is 437 g/mol. The summed E-state index contributed by atoms with van der Waals surface area (Å²) in [4.78, 5) is 26.6. The summed E-state index contributed by atoms with van der Waals surface area (Å²) in [6.45, 7) is 4.06. The summed E-state index contributed by atoms with van der Waals surface area (Å²) in [5, 5.41) is 14.0. The van der Waals surface area contributed by atoms with Gasteiger partial charge in [-0.15, -0.1) is 10.2 Å². The van der Waals surface area contributed by atoms with Gasteiger partial charge in [-0.25, -0.2) is 4.98 Å². The second kappa shape index (κ2) is 8.30. The van der Waals surface area contributed by atoms with Gasteiger partial charge in [-0.1, -0.05) is 54.1 Å². The lowest BCUT2D eigenvalue weighted by molar-refractivity contribution is 0.0879. The molecule has 5 rings (SSSR count). The topological polar surface area (TPSA) is 84.8 Å². The number of pyridine rings is 1. The van der Waals surface area contributed by atoms with E-state index in [1.807, 2.05) is 25.1 Å². The third kappa shape index (κ3) is 3.81. The molecular formula is C22H17ClN4O2S. The highest BCUT2D eigenvalue weighted by molar-refractivity contribution is 7.14. The lowest BCUT2D eigenvalue weighted by Gasteiger charge is -2.07. The smallest absolute Gasteiger partial charge is 0.258 e. The molecule has 30 heavy (non-hydrogen) atoms. The monoisotopic (exact) mass is 436 g/mol. The summed E-state index contributed by atoms with van der Waals surface area (Å²) in [7, 11) is 0. The molecule has 0 saturated carbocycles. The lowest BCUT2D eigenvalue weighted by Crippen LogP contribution is -2.19. The van der Waals surface area contributed by atoms with Crippen molar-refractivity contribution in [1.82, 2.24) is 20.5 Å². The highest BCUT2D eigenvalue weighted by Crippen LogP contribution is 2.30. The number of nitrogens with one attached hydrogen (secondary N) is 1. The predicted molar refractivity (Wildman–Crippen MR) is 118 cm³/mol. The largest absolute Gasteiger partial charge is 0.288 e. The molecule has 0 aliphatic carbocycles. The first-order chi connectivity index (χ1) is 14.5. The minimum atomic E-state index is -0.300. The molecule has 6 nitrogen and oxygen atoms in total. The number of carbonyl (C=O) groups is 2. The molecule has 0 unspecified atom stereocenters. The molecular weight excluding hydrogens is 420 g/mol. The van der Waals surface area contributed by atoms with Gasteiger partial charge in [0.15, 0.2) is 5.01 Å². The molecule has 1 aliphatic rings. The van der Waals surface area contributed by atoms with Crippen molar-refractivity contribution in [2.75, 3.05) is 0 Å². The number of halogens is 1. The van der Waals surface area contributed by atoms with Crippen molar-refractivity contribution in [3.63, 3.8) is 0 Å². The van der Waals surface area contributed by atoms with E-state index < -0.39 is 0 Å². The second-order valence-corrected chi connectivity index (χ2v) is 8.21. The van der Waals surface area contributed by atoms with Gasteiger partial charge < -0.3 is 0 Å². The number of imide groups is 1. The fourth-order valence-corrected chi connectivity index (χ4v) is 4.11. The van der Waals surface area contributed by atoms with Crippen molar-refractivity contribution >= 4 is 45.7 Å². The van der Waals surface area contributed by atoms with E-state index in [2.05, 4.69) is 28.5 Å². The summed E-state index contributed by atoms with van der Waals surface area (Å²) in [5.74, 6) is -0.601. The van der Waals surface area contributed by atoms with Crippen LogP contribution in [0.4, 0.5) is 0 Å². The molecule has 1 aliphatic heterocycles. The van der Waals surface area contributed by atoms with Gasteiger partial charge in [0.1, 0.15) is 10.7 Å². The van der Waals surface area contributed by atoms with Crippen molar-refractivity contribution in [3.05, 3.63) is 75.3 Å². The molecule has 0 saturated heterocycles. The average Bonchev–Trinajstić information content (AvgIpc) is 3.31. The lowest BCUT2D eigenvalue weighted by atomic mass is 10.1. The highest BCUT2D eigenvalue weighted by Gasteiger charge is 2.25. The van der Waals surface area contributed by atoms with E-state index in [-0.39, 0.29) is 11.8 Å². The zero-order chi connectivity index (χ0) is 21.3. The summed E-state index contributed by atoms with van der Waals surface area (Å²) in [5.41, 5.74) is 3.83. The maximum Gasteiger partial charge on any atom is 0.258 e. The van der Waals surface area contributed by atoms with Gasteiger partial charge in [0.05, 0.1) is 21.7 Å². The molecule has 1 N–H and O–H groups in total. The molecule has 0 radical (unpaired) electrons. The Balaban J connectivity index is 0.000000168. The highest BCUT2D eigenvalue weighted by atomic mass is 35.5. The molecule has 2 aromatic carbocycles. The van der Waals surface area contributed by atoms with Gasteiger partial charge in [0.2, 0.25) is 0 Å². The Bertz CT molecular complexity index is 1250. The Morgan fingerprint density at radius 1 is 1.00 bits per heavy atom. The van der Waals surface area contributed by atoms with Crippen molar-refractivity contribution < 1.29 is 9.59 Å². The second-order valence-electron chi connectivity index (χ2n) is 6.62. The maximum atomic E-state index is 10.9. The van der Waals surface area contributed by atoms with Crippen LogP contribution in [0.25, 0.3) is 21.6 Å². The molecule has 0 fully saturated rings. The number of benzene rings is 2. The first-order valence-corrected chi connectivity index (χ1v) is 10.5. The van der Waals surface area contributed by atoms with E-state index in [0.29, 0.717) is 16.1 Å². The van der Waals surface area contributed by atoms with Crippen molar-refractivity contribution in [3.8, 4) is 10.7 Å². The zero-order valence-corrected chi connectivity index (χ0v) is 17.8. The van der Waals surface area contributed by atoms with Gasteiger partial charge in [-0.3, -0.25) is 14.9 Å². The molecule has 3 heterocycles. The normalized spacial score (nSPS) is 12.4. The minimum absolute atomic E-state index is 0.300. The number of hydrogen-bond donors (Lipinski definition) is 1. The number of aromatic nitrogens is 3. The van der Waals surface area contributed by atoms with Crippen molar-refractivity contribution in [1.29, 1.82) is 0 Å². The summed E-state index contributed by atoms with van der Waals surface area (Å²) < 4.78 is 0. The summed E-state index contributed by atoms with van der Waals surface area (Å²) >= 11 is 7.78. The van der Waals surface area contributed by atoms with Crippen LogP contribution >= 0.6 is 22.9 Å². The number of nitrogens with zero attached hydrogens (tertiary/aromatic N) is 3. The van der Waals surface area contributed by atoms with Crippen molar-refractivity contribution in [2.45, 2.75) is 20.3 Å². The number of amides is 2. The van der Waals surface area contributed by atoms with Crippen LogP contribution in [-0.2, 0) is 6.42 Å². The predicted octanol–water partition coefficient (Wildman–Crippen LogP) is 4.85. The van der Waals surface area contributed by atoms with Gasteiger partial charge >= 0.3 is 0 Å². The number of para-hydroxylation sites is 1. The molecule has 4 aromatic rings. The molecule has 2 amide bonds. The molecule has 0 atom stereocenters. The Morgan fingerprint density at radius 3 is 2.30 bits per heavy atom. The fourth-order valence-electron chi connectivity index (χ4n) is 3.17. The van der Waals surface area contributed by atoms with Crippen LogP contribution in [0.1, 0.15) is 38.2 Å². The molecule has 2 aromatic heterocycles. The van der Waals surface area contributed by atoms with Gasteiger partial charge in [-0.2, -0.15) is 0 Å². The maximum absolute atomic E-state index is 10.9. The third-order valence-electron chi connectivity index (χ3n) is 4.63. The van der Waals surface area contributed by atoms with E-state index in [1.165, 1.54) is 5.56 Å². The Hall–Kier alpha value is -3.16. The zero-order valence-electron chi connectivity index (χ0n) is 16.3. The van der Waals surface area contributed by atoms with Gasteiger partial charge in [0, 0.05) is 5.39 Å². The third-order valence-corrected chi connectivity index (χ3v) is 5.78. The van der Waals surface area contributed by atoms with Crippen LogP contribution in [-0.4, -0.2) is 27.0 Å². The number of hydrogen-bond acceptors (Lipinski definition) is 6. The first kappa shape index (κ1) is 20.1. The van der Waals surface area contributed by atoms with Crippen LogP contribution in [0.2, 0.25) is 5.02 Å². The Labute approximate surface area is 181 Å². The van der Waals surface area contributed by atoms with Crippen LogP contribution in [0, 0.1) is 6.92 Å². The standard InChI is InChI=1S/C14H12ClN3S.C8H5NO2/c1-3-9-7-10-5-4-6-11(15)12(10)16-13(9)14-18-17-8(2)19-14;10-7-5-3-1-2-4-6(5)8(11)9-7/h4-7H,3H2,1-2H3;1-4H,(H,9,10,11). The fraction of sp³-hybridized carbons (Fsp3) is 0.136. The molecule has 0 bridgehead atoms. The van der Waals surface area contributed by atoms with Crippen LogP contribution in [0.5, 0.6) is 0 Å². The first-order valence-electron chi connectivity index (χ1n) is 9.31. The number of aryl methyl sites for hydroxylation is 2. The van der Waals surface area contributed by atoms with Crippen LogP contribution < -0.4 is 5.32 Å². The van der Waals surface area contributed by atoms with E-state index in [9.17, 15) is 9.59 Å². The Kier molecular flexibility index (Phi) is 5.57. The quantitative estimate of drug-likeness (QED) is 0.454. The SMILES string of the molecule is CCc1cc2cccc(Cl)c2nc1-c1nnc(C)s1.O=C1NC(=O)c2ccccc21. The van der Waals surface area contributed by atoms with E-state index in [1.54, 1.807) is 35.6 Å². The minimum Gasteiger partial charge on any atom is -0.288 e. The molecule has 150 valence electrons. The number of rotatable bonds is 2. The molecule has 0 spiro atoms. The summed E-state index contributed by atoms with van der Waals surface area (Å²) in [6.07, 6.45) is 0.906. The number of fused-ring (bicyclic) bond motifs is 2. The summed E-state index contributed by atoms with van der Waals surface area (Å²) in [6, 6.07) is 14.7. The van der Waals surface area contributed by atoms with Gasteiger partial charge in [0.25, 0.3) is 11.8 Å². The Morgan fingerprint density at radius 2 is 1.70 bits per heavy atom. The van der Waals surface area contributed by atoms with Crippen molar-refractivity contribution in [2.24, 2.45) is 0 Å². The van der Waals surface area contributed by atoms with Crippen LogP contribution in [0.3, 0.4) is 0 Å². The van der Waals surface area contributed by atoms with E-state index in [0.717, 1.165) is 33.0 Å². The molecule has 8 heteroatoms. The van der Waals surface area contributed by atoms with Gasteiger partial charge in [-0.05, 0) is 43.2 Å².